The molecule has 0 aromatic carbocycles. The fraction of sp³-hybridized carbons (Fsp3) is 0.846. The zero-order valence-electron chi connectivity index (χ0n) is 11.3. The molecule has 2 N–H and O–H groups in total. The highest BCUT2D eigenvalue weighted by atomic mass is 16.5. The van der Waals surface area contributed by atoms with E-state index in [1.165, 1.54) is 19.3 Å². The molecule has 0 bridgehead atoms. The SMILES string of the molecule is CC(C)c1noc(COCC2CCCC2CN)n1. The van der Waals surface area contributed by atoms with Crippen molar-refractivity contribution in [3.05, 3.63) is 11.7 Å². The molecule has 1 heterocycles. The molecular weight excluding hydrogens is 230 g/mol. The molecule has 1 aliphatic carbocycles. The molecule has 1 aliphatic rings. The maximum atomic E-state index is 5.75. The molecule has 0 aliphatic heterocycles. The first kappa shape index (κ1) is 13.5. The number of aromatic nitrogens is 2. The van der Waals surface area contributed by atoms with Crippen LogP contribution in [-0.4, -0.2) is 23.3 Å². The van der Waals surface area contributed by atoms with Crippen LogP contribution in [0, 0.1) is 11.8 Å². The quantitative estimate of drug-likeness (QED) is 0.840. The molecule has 0 spiro atoms. The summed E-state index contributed by atoms with van der Waals surface area (Å²) in [4.78, 5) is 4.29. The van der Waals surface area contributed by atoms with E-state index in [2.05, 4.69) is 10.1 Å². The van der Waals surface area contributed by atoms with Gasteiger partial charge in [0.25, 0.3) is 5.89 Å². The molecule has 1 saturated carbocycles. The summed E-state index contributed by atoms with van der Waals surface area (Å²) in [6.45, 7) is 6.01. The predicted octanol–water partition coefficient (Wildman–Crippen LogP) is 2.08. The standard InChI is InChI=1S/C13H23N3O2/c1-9(2)13-15-12(18-16-13)8-17-7-11-5-3-4-10(11)6-14/h9-11H,3-8,14H2,1-2H3. The normalized spacial score (nSPS) is 24.0. The second-order valence-electron chi connectivity index (χ2n) is 5.40. The van der Waals surface area contributed by atoms with Gasteiger partial charge in [-0.25, -0.2) is 0 Å². The largest absolute Gasteiger partial charge is 0.371 e. The first-order chi connectivity index (χ1) is 8.70. The van der Waals surface area contributed by atoms with Gasteiger partial charge in [-0.1, -0.05) is 25.4 Å². The Morgan fingerprint density at radius 2 is 2.17 bits per heavy atom. The minimum atomic E-state index is 0.291. The number of nitrogens with two attached hydrogens (primary N) is 1. The summed E-state index contributed by atoms with van der Waals surface area (Å²) in [7, 11) is 0. The minimum absolute atomic E-state index is 0.291. The van der Waals surface area contributed by atoms with E-state index in [9.17, 15) is 0 Å². The van der Waals surface area contributed by atoms with Crippen LogP contribution in [0.5, 0.6) is 0 Å². The van der Waals surface area contributed by atoms with Crippen LogP contribution in [-0.2, 0) is 11.3 Å². The van der Waals surface area contributed by atoms with E-state index in [-0.39, 0.29) is 0 Å². The Hall–Kier alpha value is -0.940. The van der Waals surface area contributed by atoms with Gasteiger partial charge in [-0.2, -0.15) is 4.98 Å². The Morgan fingerprint density at radius 1 is 1.39 bits per heavy atom. The van der Waals surface area contributed by atoms with E-state index in [4.69, 9.17) is 15.0 Å². The lowest BCUT2D eigenvalue weighted by molar-refractivity contribution is 0.0592. The van der Waals surface area contributed by atoms with Crippen molar-refractivity contribution in [3.63, 3.8) is 0 Å². The summed E-state index contributed by atoms with van der Waals surface area (Å²) in [5.74, 6) is 2.83. The number of ether oxygens (including phenoxy) is 1. The van der Waals surface area contributed by atoms with Crippen molar-refractivity contribution in [2.45, 2.75) is 45.6 Å². The van der Waals surface area contributed by atoms with Gasteiger partial charge in [0.05, 0.1) is 6.61 Å². The van der Waals surface area contributed by atoms with Crippen molar-refractivity contribution < 1.29 is 9.26 Å². The summed E-state index contributed by atoms with van der Waals surface area (Å²) < 4.78 is 10.8. The summed E-state index contributed by atoms with van der Waals surface area (Å²) in [6.07, 6.45) is 3.74. The predicted molar refractivity (Wildman–Crippen MR) is 67.9 cm³/mol. The molecule has 0 saturated heterocycles. The third-order valence-electron chi connectivity index (χ3n) is 3.68. The molecular formula is C13H23N3O2. The molecule has 0 amide bonds. The van der Waals surface area contributed by atoms with E-state index in [0.717, 1.165) is 19.0 Å². The van der Waals surface area contributed by atoms with E-state index in [0.29, 0.717) is 30.3 Å². The average molecular weight is 253 g/mol. The first-order valence-electron chi connectivity index (χ1n) is 6.81. The van der Waals surface area contributed by atoms with Crippen LogP contribution < -0.4 is 5.73 Å². The fourth-order valence-corrected chi connectivity index (χ4v) is 2.50. The van der Waals surface area contributed by atoms with Crippen molar-refractivity contribution in [2.24, 2.45) is 17.6 Å². The van der Waals surface area contributed by atoms with Gasteiger partial charge in [0, 0.05) is 5.92 Å². The topological polar surface area (TPSA) is 74.2 Å². The third-order valence-corrected chi connectivity index (χ3v) is 3.68. The lowest BCUT2D eigenvalue weighted by Crippen LogP contribution is -2.22. The number of hydrogen-bond donors (Lipinski definition) is 1. The summed E-state index contributed by atoms with van der Waals surface area (Å²) in [5, 5.41) is 3.91. The molecule has 18 heavy (non-hydrogen) atoms. The van der Waals surface area contributed by atoms with Gasteiger partial charge in [-0.15, -0.1) is 0 Å². The van der Waals surface area contributed by atoms with Gasteiger partial charge in [0.2, 0.25) is 0 Å². The van der Waals surface area contributed by atoms with Gasteiger partial charge >= 0.3 is 0 Å². The molecule has 0 radical (unpaired) electrons. The number of hydrogen-bond acceptors (Lipinski definition) is 5. The van der Waals surface area contributed by atoms with Crippen LogP contribution in [0.3, 0.4) is 0 Å². The lowest BCUT2D eigenvalue weighted by atomic mass is 9.97. The van der Waals surface area contributed by atoms with Gasteiger partial charge in [0.1, 0.15) is 6.61 Å². The Kier molecular flexibility index (Phi) is 4.72. The Bertz CT molecular complexity index is 365. The second-order valence-corrected chi connectivity index (χ2v) is 5.40. The molecule has 1 fully saturated rings. The molecule has 2 atom stereocenters. The number of nitrogens with zero attached hydrogens (tertiary/aromatic N) is 2. The smallest absolute Gasteiger partial charge is 0.252 e. The van der Waals surface area contributed by atoms with Crippen molar-refractivity contribution in [1.29, 1.82) is 0 Å². The van der Waals surface area contributed by atoms with Crippen molar-refractivity contribution in [2.75, 3.05) is 13.2 Å². The monoisotopic (exact) mass is 253 g/mol. The Balaban J connectivity index is 1.74. The summed E-state index contributed by atoms with van der Waals surface area (Å²) in [5.41, 5.74) is 5.75. The average Bonchev–Trinajstić information content (AvgIpc) is 2.97. The summed E-state index contributed by atoms with van der Waals surface area (Å²) in [6, 6.07) is 0. The van der Waals surface area contributed by atoms with Crippen LogP contribution in [0.15, 0.2) is 4.52 Å². The van der Waals surface area contributed by atoms with E-state index >= 15 is 0 Å². The van der Waals surface area contributed by atoms with Crippen molar-refractivity contribution in [3.8, 4) is 0 Å². The molecule has 2 rings (SSSR count). The molecule has 1 aromatic rings. The zero-order valence-corrected chi connectivity index (χ0v) is 11.3. The summed E-state index contributed by atoms with van der Waals surface area (Å²) >= 11 is 0. The van der Waals surface area contributed by atoms with E-state index in [1.54, 1.807) is 0 Å². The fourth-order valence-electron chi connectivity index (χ4n) is 2.50. The Labute approximate surface area is 108 Å². The zero-order chi connectivity index (χ0) is 13.0. The maximum Gasteiger partial charge on any atom is 0.252 e. The molecule has 5 nitrogen and oxygen atoms in total. The lowest BCUT2D eigenvalue weighted by Gasteiger charge is -2.16. The van der Waals surface area contributed by atoms with Crippen LogP contribution >= 0.6 is 0 Å². The van der Waals surface area contributed by atoms with Crippen molar-refractivity contribution in [1.82, 2.24) is 10.1 Å². The van der Waals surface area contributed by atoms with Crippen LogP contribution in [0.1, 0.15) is 50.7 Å². The third kappa shape index (κ3) is 3.29. The highest BCUT2D eigenvalue weighted by Gasteiger charge is 2.26. The molecule has 102 valence electrons. The van der Waals surface area contributed by atoms with E-state index in [1.807, 2.05) is 13.8 Å². The van der Waals surface area contributed by atoms with Crippen LogP contribution in [0.2, 0.25) is 0 Å². The number of rotatable bonds is 6. The van der Waals surface area contributed by atoms with Gasteiger partial charge in [-0.05, 0) is 31.2 Å². The van der Waals surface area contributed by atoms with Crippen LogP contribution in [0.4, 0.5) is 0 Å². The van der Waals surface area contributed by atoms with Gasteiger partial charge in [-0.3, -0.25) is 0 Å². The van der Waals surface area contributed by atoms with Crippen molar-refractivity contribution >= 4 is 0 Å². The highest BCUT2D eigenvalue weighted by molar-refractivity contribution is 4.90. The molecule has 2 unspecified atom stereocenters. The van der Waals surface area contributed by atoms with E-state index < -0.39 is 0 Å². The maximum absolute atomic E-state index is 5.75. The highest BCUT2D eigenvalue weighted by Crippen LogP contribution is 2.31. The van der Waals surface area contributed by atoms with Crippen LogP contribution in [0.25, 0.3) is 0 Å². The molecule has 5 heteroatoms. The van der Waals surface area contributed by atoms with Gasteiger partial charge in [0.15, 0.2) is 5.82 Å². The van der Waals surface area contributed by atoms with Gasteiger partial charge < -0.3 is 15.0 Å². The second kappa shape index (κ2) is 6.29. The minimum Gasteiger partial charge on any atom is -0.371 e. The first-order valence-corrected chi connectivity index (χ1v) is 6.81. The molecule has 1 aromatic heterocycles. The Morgan fingerprint density at radius 3 is 2.83 bits per heavy atom.